The van der Waals surface area contributed by atoms with Crippen LogP contribution in [0.2, 0.25) is 5.02 Å². The summed E-state index contributed by atoms with van der Waals surface area (Å²) in [5.41, 5.74) is 7.33. The highest BCUT2D eigenvalue weighted by molar-refractivity contribution is 6.33. The molecule has 1 amide bonds. The molecule has 0 aliphatic carbocycles. The largest absolute Gasteiger partial charge is 0.349 e. The van der Waals surface area contributed by atoms with Crippen molar-refractivity contribution in [1.82, 2.24) is 20.1 Å². The summed E-state index contributed by atoms with van der Waals surface area (Å²) < 4.78 is 1.68. The van der Waals surface area contributed by atoms with Gasteiger partial charge in [0.15, 0.2) is 5.82 Å². The molecule has 7 heteroatoms. The Morgan fingerprint density at radius 3 is 2.64 bits per heavy atom. The number of carbonyl (C=O) groups excluding carboxylic acids is 1. The molecule has 0 bridgehead atoms. The summed E-state index contributed by atoms with van der Waals surface area (Å²) in [6.07, 6.45) is 0. The van der Waals surface area contributed by atoms with E-state index >= 15 is 0 Å². The van der Waals surface area contributed by atoms with Crippen molar-refractivity contribution in [2.75, 3.05) is 6.54 Å². The van der Waals surface area contributed by atoms with Gasteiger partial charge < -0.3 is 11.1 Å². The normalized spacial score (nSPS) is 11.5. The van der Waals surface area contributed by atoms with E-state index in [1.807, 2.05) is 33.8 Å². The number of nitrogens with one attached hydrogen (secondary N) is 1. The molecule has 0 aliphatic heterocycles. The summed E-state index contributed by atoms with van der Waals surface area (Å²) in [6.45, 7) is 7.81. The molecule has 0 aromatic carbocycles. The first-order chi connectivity index (χ1) is 10.2. The molecular weight excluding hydrogens is 302 g/mol. The van der Waals surface area contributed by atoms with Crippen LogP contribution in [-0.2, 0) is 0 Å². The van der Waals surface area contributed by atoms with Gasteiger partial charge in [0.05, 0.1) is 10.7 Å². The summed E-state index contributed by atoms with van der Waals surface area (Å²) in [4.78, 5) is 16.6. The fraction of sp³-hybridized carbons (Fsp3) is 0.400. The second-order valence-electron chi connectivity index (χ2n) is 6.01. The van der Waals surface area contributed by atoms with Crippen LogP contribution in [0.1, 0.15) is 35.7 Å². The highest BCUT2D eigenvalue weighted by atomic mass is 35.5. The van der Waals surface area contributed by atoms with Gasteiger partial charge in [0.1, 0.15) is 5.69 Å². The SMILES string of the molecule is Cc1cc(C)n(-c2ccc(Cl)c(C(=O)NCC(C)(C)N)n2)n1. The molecule has 0 aliphatic rings. The molecule has 3 N–H and O–H groups in total. The molecule has 22 heavy (non-hydrogen) atoms. The van der Waals surface area contributed by atoms with Crippen LogP contribution in [0.3, 0.4) is 0 Å². The minimum Gasteiger partial charge on any atom is -0.349 e. The average Bonchev–Trinajstić information content (AvgIpc) is 2.75. The maximum atomic E-state index is 12.2. The van der Waals surface area contributed by atoms with Gasteiger partial charge >= 0.3 is 0 Å². The summed E-state index contributed by atoms with van der Waals surface area (Å²) in [5.74, 6) is 0.194. The first-order valence-electron chi connectivity index (χ1n) is 6.94. The number of hydrogen-bond acceptors (Lipinski definition) is 4. The Morgan fingerprint density at radius 2 is 2.09 bits per heavy atom. The van der Waals surface area contributed by atoms with E-state index in [1.165, 1.54) is 0 Å². The minimum atomic E-state index is -0.505. The molecule has 0 atom stereocenters. The number of nitrogens with zero attached hydrogens (tertiary/aromatic N) is 3. The van der Waals surface area contributed by atoms with Gasteiger partial charge in [-0.2, -0.15) is 5.10 Å². The van der Waals surface area contributed by atoms with Crippen LogP contribution in [0.25, 0.3) is 5.82 Å². The minimum absolute atomic E-state index is 0.163. The van der Waals surface area contributed by atoms with Crippen molar-refractivity contribution >= 4 is 17.5 Å². The van der Waals surface area contributed by atoms with E-state index < -0.39 is 5.54 Å². The molecule has 0 fully saturated rings. The van der Waals surface area contributed by atoms with E-state index in [4.69, 9.17) is 17.3 Å². The van der Waals surface area contributed by atoms with Gasteiger partial charge in [0.25, 0.3) is 5.91 Å². The smallest absolute Gasteiger partial charge is 0.271 e. The van der Waals surface area contributed by atoms with E-state index in [9.17, 15) is 4.79 Å². The van der Waals surface area contributed by atoms with Crippen molar-refractivity contribution in [3.05, 3.63) is 40.3 Å². The van der Waals surface area contributed by atoms with Crippen molar-refractivity contribution in [2.24, 2.45) is 5.73 Å². The van der Waals surface area contributed by atoms with Crippen LogP contribution in [-0.4, -0.2) is 32.8 Å². The first kappa shape index (κ1) is 16.5. The van der Waals surface area contributed by atoms with Crippen LogP contribution in [0.4, 0.5) is 0 Å². The summed E-state index contributed by atoms with van der Waals surface area (Å²) in [5, 5.41) is 7.38. The highest BCUT2D eigenvalue weighted by Gasteiger charge is 2.18. The van der Waals surface area contributed by atoms with Crippen LogP contribution < -0.4 is 11.1 Å². The standard InChI is InChI=1S/C15H20ClN5O/c1-9-7-10(2)21(20-9)12-6-5-11(16)13(19-12)14(22)18-8-15(3,4)17/h5-7H,8,17H2,1-4H3,(H,18,22). The van der Waals surface area contributed by atoms with Gasteiger partial charge in [-0.3, -0.25) is 4.79 Å². The lowest BCUT2D eigenvalue weighted by Crippen LogP contribution is -2.45. The van der Waals surface area contributed by atoms with Crippen LogP contribution in [0.5, 0.6) is 0 Å². The van der Waals surface area contributed by atoms with Gasteiger partial charge in [-0.1, -0.05) is 11.6 Å². The Hall–Kier alpha value is -1.92. The van der Waals surface area contributed by atoms with Crippen molar-refractivity contribution in [3.8, 4) is 5.82 Å². The third-order valence-corrected chi connectivity index (χ3v) is 3.28. The zero-order valence-corrected chi connectivity index (χ0v) is 13.9. The molecule has 0 radical (unpaired) electrons. The average molecular weight is 322 g/mol. The van der Waals surface area contributed by atoms with E-state index in [1.54, 1.807) is 16.8 Å². The van der Waals surface area contributed by atoms with Crippen LogP contribution >= 0.6 is 11.6 Å². The Morgan fingerprint density at radius 1 is 1.41 bits per heavy atom. The monoisotopic (exact) mass is 321 g/mol. The predicted octanol–water partition coefficient (Wildman–Crippen LogP) is 2.00. The number of carbonyl (C=O) groups is 1. The van der Waals surface area contributed by atoms with Gasteiger partial charge in [-0.05, 0) is 45.9 Å². The lowest BCUT2D eigenvalue weighted by molar-refractivity contribution is 0.0941. The Bertz CT molecular complexity index is 702. The summed E-state index contributed by atoms with van der Waals surface area (Å²) in [7, 11) is 0. The van der Waals surface area contributed by atoms with Gasteiger partial charge in [0.2, 0.25) is 0 Å². The molecule has 2 aromatic rings. The predicted molar refractivity (Wildman–Crippen MR) is 86.4 cm³/mol. The molecular formula is C15H20ClN5O. The number of rotatable bonds is 4. The second kappa shape index (κ2) is 6.06. The molecule has 2 rings (SSSR count). The maximum Gasteiger partial charge on any atom is 0.271 e. The number of hydrogen-bond donors (Lipinski definition) is 2. The molecule has 118 valence electrons. The molecule has 2 heterocycles. The number of amides is 1. The number of aromatic nitrogens is 3. The molecule has 0 unspecified atom stereocenters. The van der Waals surface area contributed by atoms with Crippen molar-refractivity contribution in [3.63, 3.8) is 0 Å². The topological polar surface area (TPSA) is 85.8 Å². The van der Waals surface area contributed by atoms with E-state index in [0.29, 0.717) is 12.4 Å². The van der Waals surface area contributed by atoms with Crippen molar-refractivity contribution in [1.29, 1.82) is 0 Å². The quantitative estimate of drug-likeness (QED) is 0.902. The Kier molecular flexibility index (Phi) is 4.53. The van der Waals surface area contributed by atoms with E-state index in [-0.39, 0.29) is 16.6 Å². The van der Waals surface area contributed by atoms with E-state index in [2.05, 4.69) is 15.4 Å². The second-order valence-corrected chi connectivity index (χ2v) is 6.42. The van der Waals surface area contributed by atoms with Crippen LogP contribution in [0, 0.1) is 13.8 Å². The number of aryl methyl sites for hydroxylation is 2. The van der Waals surface area contributed by atoms with Crippen molar-refractivity contribution in [2.45, 2.75) is 33.2 Å². The molecule has 0 spiro atoms. The lowest BCUT2D eigenvalue weighted by atomic mass is 10.1. The summed E-state index contributed by atoms with van der Waals surface area (Å²) in [6, 6.07) is 5.31. The maximum absolute atomic E-state index is 12.2. The molecule has 2 aromatic heterocycles. The van der Waals surface area contributed by atoms with Crippen LogP contribution in [0.15, 0.2) is 18.2 Å². The van der Waals surface area contributed by atoms with Gasteiger partial charge in [-0.15, -0.1) is 0 Å². The Labute approximate surface area is 134 Å². The highest BCUT2D eigenvalue weighted by Crippen LogP contribution is 2.17. The fourth-order valence-electron chi connectivity index (χ4n) is 1.96. The van der Waals surface area contributed by atoms with E-state index in [0.717, 1.165) is 11.4 Å². The van der Waals surface area contributed by atoms with Crippen molar-refractivity contribution < 1.29 is 4.79 Å². The number of halogens is 1. The number of pyridine rings is 1. The zero-order chi connectivity index (χ0) is 16.5. The third-order valence-electron chi connectivity index (χ3n) is 2.98. The van der Waals surface area contributed by atoms with Gasteiger partial charge in [-0.25, -0.2) is 9.67 Å². The zero-order valence-electron chi connectivity index (χ0n) is 13.1. The molecule has 0 saturated carbocycles. The third kappa shape index (κ3) is 3.84. The number of nitrogens with two attached hydrogens (primary N) is 1. The molecule has 6 nitrogen and oxygen atoms in total. The fourth-order valence-corrected chi connectivity index (χ4v) is 2.15. The summed E-state index contributed by atoms with van der Waals surface area (Å²) >= 11 is 6.09. The lowest BCUT2D eigenvalue weighted by Gasteiger charge is -2.19. The Balaban J connectivity index is 2.31. The first-order valence-corrected chi connectivity index (χ1v) is 7.32. The molecule has 0 saturated heterocycles. The van der Waals surface area contributed by atoms with Gasteiger partial charge in [0, 0.05) is 17.8 Å².